The van der Waals surface area contributed by atoms with E-state index in [1.165, 1.54) is 36.8 Å². The minimum absolute atomic E-state index is 0.108. The van der Waals surface area contributed by atoms with E-state index < -0.39 is 0 Å². The number of ketones is 1. The fourth-order valence-corrected chi connectivity index (χ4v) is 1.96. The second-order valence-electron chi connectivity index (χ2n) is 5.84. The molecule has 0 aliphatic carbocycles. The van der Waals surface area contributed by atoms with Crippen LogP contribution in [0.3, 0.4) is 0 Å². The number of hydrogen-bond donors (Lipinski definition) is 0. The Labute approximate surface area is 119 Å². The molecule has 1 unspecified atom stereocenters. The fourth-order valence-electron chi connectivity index (χ4n) is 1.96. The highest BCUT2D eigenvalue weighted by Gasteiger charge is 2.01. The second-order valence-corrected chi connectivity index (χ2v) is 5.84. The van der Waals surface area contributed by atoms with Crippen molar-refractivity contribution in [2.45, 2.75) is 66.7 Å². The maximum Gasteiger partial charge on any atom is 0.152 e. The molecule has 0 saturated heterocycles. The van der Waals surface area contributed by atoms with Gasteiger partial charge in [-0.05, 0) is 65.4 Å². The Morgan fingerprint density at radius 3 is 2.37 bits per heavy atom. The molecule has 1 heteroatoms. The molecule has 0 spiro atoms. The molecule has 0 radical (unpaired) electrons. The molecule has 1 atom stereocenters. The van der Waals surface area contributed by atoms with Crippen molar-refractivity contribution < 1.29 is 4.79 Å². The molecule has 0 rings (SSSR count). The minimum Gasteiger partial charge on any atom is -0.295 e. The van der Waals surface area contributed by atoms with E-state index in [2.05, 4.69) is 39.8 Å². The third-order valence-corrected chi connectivity index (χ3v) is 3.19. The quantitative estimate of drug-likeness (QED) is 0.299. The van der Waals surface area contributed by atoms with Crippen LogP contribution >= 0.6 is 0 Å². The SMILES string of the molecule is CC(=O)/C=C/C=C(\C)CCCC(C)CCC=C(C)C. The molecule has 0 aromatic carbocycles. The topological polar surface area (TPSA) is 17.1 Å². The first-order valence-electron chi connectivity index (χ1n) is 7.39. The minimum atomic E-state index is 0.108. The molecule has 0 amide bonds. The lowest BCUT2D eigenvalue weighted by atomic mass is 9.97. The summed E-state index contributed by atoms with van der Waals surface area (Å²) in [4.78, 5) is 10.8. The molecule has 0 aliphatic rings. The lowest BCUT2D eigenvalue weighted by Crippen LogP contribution is -1.94. The average Bonchev–Trinajstić information content (AvgIpc) is 2.27. The largest absolute Gasteiger partial charge is 0.295 e. The summed E-state index contributed by atoms with van der Waals surface area (Å²) in [6.07, 6.45) is 14.0. The Balaban J connectivity index is 3.77. The van der Waals surface area contributed by atoms with Crippen molar-refractivity contribution >= 4 is 5.78 Å². The third-order valence-electron chi connectivity index (χ3n) is 3.19. The Kier molecular flexibility index (Phi) is 10.1. The van der Waals surface area contributed by atoms with E-state index in [-0.39, 0.29) is 5.78 Å². The normalized spacial score (nSPS) is 13.6. The van der Waals surface area contributed by atoms with Crippen molar-refractivity contribution in [3.8, 4) is 0 Å². The Hall–Kier alpha value is -1.11. The van der Waals surface area contributed by atoms with Crippen LogP contribution in [-0.2, 0) is 4.79 Å². The molecule has 0 aliphatic heterocycles. The van der Waals surface area contributed by atoms with Crippen molar-refractivity contribution in [1.29, 1.82) is 0 Å². The van der Waals surface area contributed by atoms with Crippen LogP contribution in [-0.4, -0.2) is 5.78 Å². The number of allylic oxidation sites excluding steroid dienone is 6. The highest BCUT2D eigenvalue weighted by atomic mass is 16.1. The first-order valence-corrected chi connectivity index (χ1v) is 7.39. The van der Waals surface area contributed by atoms with Crippen LogP contribution in [0.1, 0.15) is 66.7 Å². The van der Waals surface area contributed by atoms with Gasteiger partial charge in [0.2, 0.25) is 0 Å². The molecular weight excluding hydrogens is 232 g/mol. The van der Waals surface area contributed by atoms with Crippen LogP contribution in [0.4, 0.5) is 0 Å². The van der Waals surface area contributed by atoms with Gasteiger partial charge in [0.05, 0.1) is 0 Å². The Bertz CT molecular complexity index is 341. The molecule has 0 N–H and O–H groups in total. The first-order chi connectivity index (χ1) is 8.91. The van der Waals surface area contributed by atoms with Gasteiger partial charge < -0.3 is 0 Å². The van der Waals surface area contributed by atoms with Gasteiger partial charge in [0.15, 0.2) is 5.78 Å². The number of carbonyl (C=O) groups excluding carboxylic acids is 1. The van der Waals surface area contributed by atoms with E-state index in [9.17, 15) is 4.79 Å². The predicted octanol–water partition coefficient (Wildman–Crippen LogP) is 5.63. The highest BCUT2D eigenvalue weighted by Crippen LogP contribution is 2.17. The molecule has 0 aromatic heterocycles. The maximum atomic E-state index is 10.8. The first kappa shape index (κ1) is 17.9. The predicted molar refractivity (Wildman–Crippen MR) is 85.3 cm³/mol. The zero-order valence-corrected chi connectivity index (χ0v) is 13.3. The Morgan fingerprint density at radius 2 is 1.79 bits per heavy atom. The van der Waals surface area contributed by atoms with Crippen molar-refractivity contribution in [1.82, 2.24) is 0 Å². The van der Waals surface area contributed by atoms with Gasteiger partial charge >= 0.3 is 0 Å². The standard InChI is InChI=1S/C18H30O/c1-15(2)9-6-10-16(3)11-7-12-17(4)13-8-14-18(5)19/h8-9,13-14,16H,6-7,10-12H2,1-5H3/b14-8+,17-13+. The lowest BCUT2D eigenvalue weighted by molar-refractivity contribution is -0.112. The van der Waals surface area contributed by atoms with E-state index in [4.69, 9.17) is 0 Å². The van der Waals surface area contributed by atoms with E-state index in [0.29, 0.717) is 0 Å². The van der Waals surface area contributed by atoms with Gasteiger partial charge in [-0.3, -0.25) is 4.79 Å². The van der Waals surface area contributed by atoms with E-state index in [1.54, 1.807) is 13.0 Å². The molecule has 19 heavy (non-hydrogen) atoms. The molecule has 0 heterocycles. The van der Waals surface area contributed by atoms with Gasteiger partial charge in [-0.15, -0.1) is 0 Å². The third kappa shape index (κ3) is 13.1. The number of carbonyl (C=O) groups is 1. The summed E-state index contributed by atoms with van der Waals surface area (Å²) in [5.41, 5.74) is 2.78. The smallest absolute Gasteiger partial charge is 0.152 e. The van der Waals surface area contributed by atoms with Crippen molar-refractivity contribution in [2.24, 2.45) is 5.92 Å². The van der Waals surface area contributed by atoms with Crippen LogP contribution in [0.15, 0.2) is 35.5 Å². The Morgan fingerprint density at radius 1 is 1.11 bits per heavy atom. The summed E-state index contributed by atoms with van der Waals surface area (Å²) >= 11 is 0. The number of rotatable bonds is 9. The van der Waals surface area contributed by atoms with Gasteiger partial charge in [-0.2, -0.15) is 0 Å². The van der Waals surface area contributed by atoms with Gasteiger partial charge in [-0.25, -0.2) is 0 Å². The van der Waals surface area contributed by atoms with E-state index >= 15 is 0 Å². The molecular formula is C18H30O. The molecule has 0 fully saturated rings. The van der Waals surface area contributed by atoms with Crippen LogP contribution in [0, 0.1) is 5.92 Å². The van der Waals surface area contributed by atoms with Crippen molar-refractivity contribution in [3.63, 3.8) is 0 Å². The van der Waals surface area contributed by atoms with E-state index in [1.807, 2.05) is 6.08 Å². The monoisotopic (exact) mass is 262 g/mol. The highest BCUT2D eigenvalue weighted by molar-refractivity contribution is 5.87. The summed E-state index contributed by atoms with van der Waals surface area (Å²) in [6, 6.07) is 0. The fraction of sp³-hybridized carbons (Fsp3) is 0.611. The second kappa shape index (κ2) is 10.8. The van der Waals surface area contributed by atoms with Gasteiger partial charge in [0.1, 0.15) is 0 Å². The van der Waals surface area contributed by atoms with Gasteiger partial charge in [0, 0.05) is 0 Å². The number of hydrogen-bond acceptors (Lipinski definition) is 1. The van der Waals surface area contributed by atoms with Crippen LogP contribution in [0.5, 0.6) is 0 Å². The van der Waals surface area contributed by atoms with Crippen LogP contribution < -0.4 is 0 Å². The summed E-state index contributed by atoms with van der Waals surface area (Å²) in [6.45, 7) is 10.4. The maximum absolute atomic E-state index is 10.8. The van der Waals surface area contributed by atoms with Crippen molar-refractivity contribution in [3.05, 3.63) is 35.5 Å². The summed E-state index contributed by atoms with van der Waals surface area (Å²) in [5.74, 6) is 0.910. The summed E-state index contributed by atoms with van der Waals surface area (Å²) in [7, 11) is 0. The van der Waals surface area contributed by atoms with Gasteiger partial charge in [-0.1, -0.05) is 42.7 Å². The zero-order valence-electron chi connectivity index (χ0n) is 13.3. The van der Waals surface area contributed by atoms with Gasteiger partial charge in [0.25, 0.3) is 0 Å². The summed E-state index contributed by atoms with van der Waals surface area (Å²) in [5, 5.41) is 0. The van der Waals surface area contributed by atoms with Crippen LogP contribution in [0.25, 0.3) is 0 Å². The zero-order chi connectivity index (χ0) is 14.7. The molecule has 0 bridgehead atoms. The van der Waals surface area contributed by atoms with Crippen molar-refractivity contribution in [2.75, 3.05) is 0 Å². The molecule has 108 valence electrons. The van der Waals surface area contributed by atoms with E-state index in [0.717, 1.165) is 12.3 Å². The lowest BCUT2D eigenvalue weighted by Gasteiger charge is -2.09. The molecule has 1 nitrogen and oxygen atoms in total. The summed E-state index contributed by atoms with van der Waals surface area (Å²) < 4.78 is 0. The molecule has 0 aromatic rings. The van der Waals surface area contributed by atoms with Crippen LogP contribution in [0.2, 0.25) is 0 Å². The molecule has 0 saturated carbocycles. The average molecular weight is 262 g/mol.